The second-order valence-corrected chi connectivity index (χ2v) is 6.79. The Morgan fingerprint density at radius 3 is 2.95 bits per heavy atom. The van der Waals surface area contributed by atoms with Crippen LogP contribution < -0.4 is 5.32 Å². The van der Waals surface area contributed by atoms with Gasteiger partial charge in [0.1, 0.15) is 0 Å². The summed E-state index contributed by atoms with van der Waals surface area (Å²) in [7, 11) is 1.76. The predicted octanol–water partition coefficient (Wildman–Crippen LogP) is 2.86. The molecule has 1 fully saturated rings. The van der Waals surface area contributed by atoms with E-state index in [1.165, 1.54) is 0 Å². The number of hydrogen-bond donors (Lipinski definition) is 1. The van der Waals surface area contributed by atoms with E-state index < -0.39 is 0 Å². The van der Waals surface area contributed by atoms with E-state index in [-0.39, 0.29) is 11.4 Å². The fraction of sp³-hybridized carbons (Fsp3) is 0.733. The molecule has 1 aromatic heterocycles. The molecule has 118 valence electrons. The SMILES string of the molecule is CCOC(=O)CCc1csc(NC2CC(OC)C2(C)C)n1. The van der Waals surface area contributed by atoms with Crippen molar-refractivity contribution in [2.75, 3.05) is 19.0 Å². The van der Waals surface area contributed by atoms with Crippen LogP contribution in [0.1, 0.15) is 39.3 Å². The zero-order chi connectivity index (χ0) is 15.5. The summed E-state index contributed by atoms with van der Waals surface area (Å²) >= 11 is 1.59. The number of carbonyl (C=O) groups excluding carboxylic acids is 1. The van der Waals surface area contributed by atoms with Gasteiger partial charge < -0.3 is 14.8 Å². The molecule has 1 aliphatic rings. The molecule has 1 aromatic rings. The van der Waals surface area contributed by atoms with Gasteiger partial charge in [0.2, 0.25) is 0 Å². The quantitative estimate of drug-likeness (QED) is 0.785. The van der Waals surface area contributed by atoms with Gasteiger partial charge in [-0.3, -0.25) is 4.79 Å². The Hall–Kier alpha value is -1.14. The summed E-state index contributed by atoms with van der Waals surface area (Å²) in [6.07, 6.45) is 2.32. The lowest BCUT2D eigenvalue weighted by atomic mass is 9.64. The lowest BCUT2D eigenvalue weighted by Gasteiger charge is -2.51. The van der Waals surface area contributed by atoms with Crippen molar-refractivity contribution in [3.63, 3.8) is 0 Å². The molecule has 0 bridgehead atoms. The second-order valence-electron chi connectivity index (χ2n) is 5.93. The second kappa shape index (κ2) is 6.75. The van der Waals surface area contributed by atoms with E-state index in [1.807, 2.05) is 12.3 Å². The van der Waals surface area contributed by atoms with Gasteiger partial charge in [-0.05, 0) is 13.3 Å². The van der Waals surface area contributed by atoms with Gasteiger partial charge in [-0.2, -0.15) is 0 Å². The van der Waals surface area contributed by atoms with Crippen LogP contribution >= 0.6 is 11.3 Å². The normalized spacial score (nSPS) is 23.4. The van der Waals surface area contributed by atoms with Gasteiger partial charge in [-0.1, -0.05) is 13.8 Å². The summed E-state index contributed by atoms with van der Waals surface area (Å²) in [5.74, 6) is -0.164. The molecule has 0 radical (unpaired) electrons. The van der Waals surface area contributed by atoms with Crippen molar-refractivity contribution in [1.82, 2.24) is 4.98 Å². The van der Waals surface area contributed by atoms with Crippen LogP contribution in [0.25, 0.3) is 0 Å². The Labute approximate surface area is 130 Å². The van der Waals surface area contributed by atoms with Gasteiger partial charge >= 0.3 is 5.97 Å². The van der Waals surface area contributed by atoms with Gasteiger partial charge in [0.05, 0.1) is 24.8 Å². The Kier molecular flexibility index (Phi) is 5.22. The maximum absolute atomic E-state index is 11.3. The summed E-state index contributed by atoms with van der Waals surface area (Å²) in [6, 6.07) is 0.381. The first-order chi connectivity index (χ1) is 9.97. The highest BCUT2D eigenvalue weighted by atomic mass is 32.1. The fourth-order valence-corrected chi connectivity index (χ4v) is 3.43. The van der Waals surface area contributed by atoms with Crippen molar-refractivity contribution in [2.24, 2.45) is 5.41 Å². The fourth-order valence-electron chi connectivity index (χ4n) is 2.63. The average Bonchev–Trinajstić information content (AvgIpc) is 2.89. The first-order valence-corrected chi connectivity index (χ1v) is 8.24. The van der Waals surface area contributed by atoms with E-state index in [0.717, 1.165) is 17.2 Å². The minimum atomic E-state index is -0.164. The largest absolute Gasteiger partial charge is 0.466 e. The third kappa shape index (κ3) is 3.74. The molecule has 0 aliphatic heterocycles. The first-order valence-electron chi connectivity index (χ1n) is 7.36. The van der Waals surface area contributed by atoms with E-state index >= 15 is 0 Å². The van der Waals surface area contributed by atoms with Crippen molar-refractivity contribution >= 4 is 22.4 Å². The van der Waals surface area contributed by atoms with Gasteiger partial charge in [-0.25, -0.2) is 4.98 Å². The molecule has 2 atom stereocenters. The summed E-state index contributed by atoms with van der Waals surface area (Å²) in [6.45, 7) is 6.66. The molecule has 2 unspecified atom stereocenters. The minimum absolute atomic E-state index is 0.117. The van der Waals surface area contributed by atoms with Gasteiger partial charge in [-0.15, -0.1) is 11.3 Å². The lowest BCUT2D eigenvalue weighted by molar-refractivity contribution is -0.143. The minimum Gasteiger partial charge on any atom is -0.466 e. The van der Waals surface area contributed by atoms with Crippen LogP contribution in [0.4, 0.5) is 5.13 Å². The Morgan fingerprint density at radius 2 is 2.33 bits per heavy atom. The van der Waals surface area contributed by atoms with E-state index in [0.29, 0.717) is 31.6 Å². The van der Waals surface area contributed by atoms with Gasteiger partial charge in [0.15, 0.2) is 5.13 Å². The van der Waals surface area contributed by atoms with E-state index in [1.54, 1.807) is 18.4 Å². The highest BCUT2D eigenvalue weighted by Gasteiger charge is 2.48. The van der Waals surface area contributed by atoms with Crippen LogP contribution in [0.2, 0.25) is 0 Å². The standard InChI is InChI=1S/C15H24N2O3S/c1-5-20-13(18)7-6-10-9-21-14(16-10)17-11-8-12(19-4)15(11,2)3/h9,11-12H,5-8H2,1-4H3,(H,16,17). The van der Waals surface area contributed by atoms with Crippen LogP contribution in [-0.2, 0) is 20.7 Å². The highest BCUT2D eigenvalue weighted by Crippen LogP contribution is 2.44. The number of nitrogens with zero attached hydrogens (tertiary/aromatic N) is 1. The number of hydrogen-bond acceptors (Lipinski definition) is 6. The van der Waals surface area contributed by atoms with Crippen molar-refractivity contribution < 1.29 is 14.3 Å². The first kappa shape index (κ1) is 16.2. The summed E-state index contributed by atoms with van der Waals surface area (Å²) < 4.78 is 10.4. The smallest absolute Gasteiger partial charge is 0.306 e. The van der Waals surface area contributed by atoms with E-state index in [9.17, 15) is 4.79 Å². The number of carbonyl (C=O) groups is 1. The predicted molar refractivity (Wildman–Crippen MR) is 83.7 cm³/mol. The molecule has 0 saturated heterocycles. The Morgan fingerprint density at radius 1 is 1.57 bits per heavy atom. The molecule has 6 heteroatoms. The summed E-state index contributed by atoms with van der Waals surface area (Å²) in [5.41, 5.74) is 1.06. The molecule has 5 nitrogen and oxygen atoms in total. The molecular weight excluding hydrogens is 288 g/mol. The maximum atomic E-state index is 11.3. The number of rotatable bonds is 7. The van der Waals surface area contributed by atoms with Crippen LogP contribution in [0, 0.1) is 5.41 Å². The van der Waals surface area contributed by atoms with Crippen LogP contribution in [-0.4, -0.2) is 36.8 Å². The molecule has 1 N–H and O–H groups in total. The molecule has 0 spiro atoms. The number of aromatic nitrogens is 1. The van der Waals surface area contributed by atoms with Crippen molar-refractivity contribution in [1.29, 1.82) is 0 Å². The van der Waals surface area contributed by atoms with Crippen molar-refractivity contribution in [2.45, 2.75) is 52.2 Å². The molecule has 0 aromatic carbocycles. The third-order valence-electron chi connectivity index (χ3n) is 4.20. The van der Waals surface area contributed by atoms with Crippen LogP contribution in [0.15, 0.2) is 5.38 Å². The number of nitrogens with one attached hydrogen (secondary N) is 1. The lowest BCUT2D eigenvalue weighted by Crippen LogP contribution is -2.57. The number of methoxy groups -OCH3 is 1. The Balaban J connectivity index is 1.83. The zero-order valence-corrected chi connectivity index (χ0v) is 14.0. The van der Waals surface area contributed by atoms with Crippen LogP contribution in [0.3, 0.4) is 0 Å². The molecule has 1 saturated carbocycles. The Bertz CT molecular complexity index is 487. The topological polar surface area (TPSA) is 60.5 Å². The van der Waals surface area contributed by atoms with Crippen molar-refractivity contribution in [3.05, 3.63) is 11.1 Å². The molecule has 21 heavy (non-hydrogen) atoms. The molecule has 2 rings (SSSR count). The number of ether oxygens (including phenoxy) is 2. The molecule has 1 heterocycles. The zero-order valence-electron chi connectivity index (χ0n) is 13.1. The number of esters is 1. The number of aryl methyl sites for hydroxylation is 1. The number of anilines is 1. The molecule has 0 amide bonds. The summed E-state index contributed by atoms with van der Waals surface area (Å²) in [4.78, 5) is 15.9. The number of thiazole rings is 1. The third-order valence-corrected chi connectivity index (χ3v) is 5.02. The average molecular weight is 312 g/mol. The van der Waals surface area contributed by atoms with Gasteiger partial charge in [0.25, 0.3) is 0 Å². The van der Waals surface area contributed by atoms with Gasteiger partial charge in [0, 0.05) is 30.4 Å². The highest BCUT2D eigenvalue weighted by molar-refractivity contribution is 7.13. The van der Waals surface area contributed by atoms with Crippen LogP contribution in [0.5, 0.6) is 0 Å². The summed E-state index contributed by atoms with van der Waals surface area (Å²) in [5, 5.41) is 6.40. The molecular formula is C15H24N2O3S. The van der Waals surface area contributed by atoms with E-state index in [2.05, 4.69) is 24.1 Å². The maximum Gasteiger partial charge on any atom is 0.306 e. The van der Waals surface area contributed by atoms with E-state index in [4.69, 9.17) is 9.47 Å². The van der Waals surface area contributed by atoms with Crippen molar-refractivity contribution in [3.8, 4) is 0 Å². The monoisotopic (exact) mass is 312 g/mol. The molecule has 1 aliphatic carbocycles.